The Morgan fingerprint density at radius 1 is 1.47 bits per heavy atom. The highest BCUT2D eigenvalue weighted by molar-refractivity contribution is 5.80. The lowest BCUT2D eigenvalue weighted by Gasteiger charge is -2.05. The van der Waals surface area contributed by atoms with Crippen LogP contribution in [0, 0.1) is 5.82 Å². The lowest BCUT2D eigenvalue weighted by molar-refractivity contribution is 0.166. The second-order valence-electron chi connectivity index (χ2n) is 3.52. The molecule has 0 spiro atoms. The quantitative estimate of drug-likeness (QED) is 0.718. The van der Waals surface area contributed by atoms with Crippen LogP contribution in [-0.2, 0) is 0 Å². The van der Waals surface area contributed by atoms with Crippen LogP contribution in [0.15, 0.2) is 24.3 Å². The molecule has 1 atom stereocenters. The molecule has 0 bridgehead atoms. The van der Waals surface area contributed by atoms with E-state index in [4.69, 9.17) is 5.73 Å². The van der Waals surface area contributed by atoms with Gasteiger partial charge in [-0.05, 0) is 25.1 Å². The van der Waals surface area contributed by atoms with E-state index in [1.54, 1.807) is 18.2 Å². The van der Waals surface area contributed by atoms with Gasteiger partial charge in [0.15, 0.2) is 0 Å². The van der Waals surface area contributed by atoms with E-state index in [0.717, 1.165) is 5.39 Å². The molecule has 1 heterocycles. The molecule has 0 fully saturated rings. The van der Waals surface area contributed by atoms with Crippen LogP contribution in [0.5, 0.6) is 0 Å². The van der Waals surface area contributed by atoms with Crippen LogP contribution in [0.3, 0.4) is 0 Å². The Kier molecular flexibility index (Phi) is 2.70. The molecule has 2 rings (SSSR count). The van der Waals surface area contributed by atoms with Crippen molar-refractivity contribution in [3.05, 3.63) is 35.8 Å². The summed E-state index contributed by atoms with van der Waals surface area (Å²) in [4.78, 5) is 2.87. The van der Waals surface area contributed by atoms with Gasteiger partial charge < -0.3 is 15.8 Å². The summed E-state index contributed by atoms with van der Waals surface area (Å²) in [5.74, 6) is -0.307. The number of aromatic nitrogens is 1. The number of para-hydroxylation sites is 1. The summed E-state index contributed by atoms with van der Waals surface area (Å²) >= 11 is 0. The third-order valence-electron chi connectivity index (χ3n) is 2.43. The first-order valence-corrected chi connectivity index (χ1v) is 4.87. The van der Waals surface area contributed by atoms with Crippen molar-refractivity contribution in [2.75, 3.05) is 6.54 Å². The fraction of sp³-hybridized carbons (Fsp3) is 0.273. The molecular weight excluding hydrogens is 195 g/mol. The minimum atomic E-state index is -0.651. The molecule has 0 saturated carbocycles. The monoisotopic (exact) mass is 208 g/mol. The Hall–Kier alpha value is -1.39. The summed E-state index contributed by atoms with van der Waals surface area (Å²) in [5, 5.41) is 10.4. The number of rotatable bonds is 3. The molecule has 0 aliphatic rings. The van der Waals surface area contributed by atoms with Crippen LogP contribution in [0.2, 0.25) is 0 Å². The van der Waals surface area contributed by atoms with Gasteiger partial charge in [-0.15, -0.1) is 0 Å². The number of benzene rings is 1. The molecule has 0 aliphatic carbocycles. The molecule has 2 aromatic rings. The Bertz CT molecular complexity index is 467. The van der Waals surface area contributed by atoms with Crippen LogP contribution in [0.1, 0.15) is 18.2 Å². The van der Waals surface area contributed by atoms with E-state index in [1.165, 1.54) is 6.07 Å². The summed E-state index contributed by atoms with van der Waals surface area (Å²) in [6, 6.07) is 6.58. The highest BCUT2D eigenvalue weighted by Gasteiger charge is 2.11. The second-order valence-corrected chi connectivity index (χ2v) is 3.52. The fourth-order valence-electron chi connectivity index (χ4n) is 1.63. The summed E-state index contributed by atoms with van der Waals surface area (Å²) in [6.07, 6.45) is -0.184. The largest absolute Gasteiger partial charge is 0.387 e. The van der Waals surface area contributed by atoms with Gasteiger partial charge in [-0.3, -0.25) is 0 Å². The zero-order valence-corrected chi connectivity index (χ0v) is 8.20. The van der Waals surface area contributed by atoms with E-state index < -0.39 is 6.10 Å². The normalized spacial score (nSPS) is 13.3. The van der Waals surface area contributed by atoms with Crippen LogP contribution in [0.25, 0.3) is 10.9 Å². The first-order chi connectivity index (χ1) is 7.22. The third-order valence-corrected chi connectivity index (χ3v) is 2.43. The number of H-pyrrole nitrogens is 1. The summed E-state index contributed by atoms with van der Waals surface area (Å²) in [6.45, 7) is 0.402. The number of hydrogen-bond acceptors (Lipinski definition) is 2. The Morgan fingerprint density at radius 2 is 2.27 bits per heavy atom. The van der Waals surface area contributed by atoms with Gasteiger partial charge in [0.05, 0.1) is 11.6 Å². The molecule has 0 saturated heterocycles. The molecule has 0 radical (unpaired) electrons. The topological polar surface area (TPSA) is 62.0 Å². The van der Waals surface area contributed by atoms with Crippen molar-refractivity contribution in [3.8, 4) is 0 Å². The molecule has 0 aliphatic heterocycles. The van der Waals surface area contributed by atoms with Crippen LogP contribution in [-0.4, -0.2) is 16.6 Å². The van der Waals surface area contributed by atoms with Gasteiger partial charge in [-0.2, -0.15) is 0 Å². The molecule has 1 aromatic heterocycles. The second kappa shape index (κ2) is 4.00. The minimum Gasteiger partial charge on any atom is -0.387 e. The molecular formula is C11H13FN2O. The van der Waals surface area contributed by atoms with Crippen molar-refractivity contribution in [1.29, 1.82) is 0 Å². The standard InChI is InChI=1S/C11H13FN2O/c12-8-3-1-2-7-6-9(14-11(7)8)10(15)4-5-13/h1-3,6,10,14-15H,4-5,13H2. The molecule has 80 valence electrons. The van der Waals surface area contributed by atoms with Crippen LogP contribution >= 0.6 is 0 Å². The maximum atomic E-state index is 13.3. The van der Waals surface area contributed by atoms with Crippen molar-refractivity contribution < 1.29 is 9.50 Å². The van der Waals surface area contributed by atoms with Gasteiger partial charge in [0.2, 0.25) is 0 Å². The molecule has 4 N–H and O–H groups in total. The first-order valence-electron chi connectivity index (χ1n) is 4.87. The molecule has 1 unspecified atom stereocenters. The predicted molar refractivity (Wildman–Crippen MR) is 56.9 cm³/mol. The summed E-state index contributed by atoms with van der Waals surface area (Å²) < 4.78 is 13.3. The smallest absolute Gasteiger partial charge is 0.147 e. The van der Waals surface area contributed by atoms with Gasteiger partial charge in [0.1, 0.15) is 5.82 Å². The third kappa shape index (κ3) is 1.86. The van der Waals surface area contributed by atoms with Gasteiger partial charge in [-0.1, -0.05) is 12.1 Å². The van der Waals surface area contributed by atoms with E-state index in [2.05, 4.69) is 4.98 Å². The first kappa shape index (κ1) is 10.1. The van der Waals surface area contributed by atoms with Crippen molar-refractivity contribution in [3.63, 3.8) is 0 Å². The zero-order chi connectivity index (χ0) is 10.8. The molecule has 0 amide bonds. The number of nitrogens with two attached hydrogens (primary N) is 1. The van der Waals surface area contributed by atoms with E-state index >= 15 is 0 Å². The molecule has 15 heavy (non-hydrogen) atoms. The van der Waals surface area contributed by atoms with Crippen molar-refractivity contribution in [2.45, 2.75) is 12.5 Å². The Morgan fingerprint density at radius 3 is 2.93 bits per heavy atom. The van der Waals surface area contributed by atoms with Crippen molar-refractivity contribution in [2.24, 2.45) is 5.73 Å². The number of halogens is 1. The van der Waals surface area contributed by atoms with Crippen LogP contribution in [0.4, 0.5) is 4.39 Å². The number of aliphatic hydroxyl groups excluding tert-OH is 1. The molecule has 3 nitrogen and oxygen atoms in total. The molecule has 1 aromatic carbocycles. The highest BCUT2D eigenvalue weighted by Crippen LogP contribution is 2.23. The maximum absolute atomic E-state index is 13.3. The molecule has 4 heteroatoms. The van der Waals surface area contributed by atoms with E-state index in [9.17, 15) is 9.50 Å². The zero-order valence-electron chi connectivity index (χ0n) is 8.20. The Balaban J connectivity index is 2.43. The number of hydrogen-bond donors (Lipinski definition) is 3. The fourth-order valence-corrected chi connectivity index (χ4v) is 1.63. The highest BCUT2D eigenvalue weighted by atomic mass is 19.1. The van der Waals surface area contributed by atoms with Crippen molar-refractivity contribution >= 4 is 10.9 Å². The summed E-state index contributed by atoms with van der Waals surface area (Å²) in [5.41, 5.74) is 6.39. The van der Waals surface area contributed by atoms with Gasteiger partial charge in [-0.25, -0.2) is 4.39 Å². The minimum absolute atomic E-state index is 0.307. The van der Waals surface area contributed by atoms with Gasteiger partial charge in [0.25, 0.3) is 0 Å². The number of nitrogens with one attached hydrogen (secondary N) is 1. The lowest BCUT2D eigenvalue weighted by atomic mass is 10.2. The van der Waals surface area contributed by atoms with Crippen molar-refractivity contribution in [1.82, 2.24) is 4.98 Å². The van der Waals surface area contributed by atoms with E-state index in [1.807, 2.05) is 0 Å². The van der Waals surface area contributed by atoms with Crippen LogP contribution < -0.4 is 5.73 Å². The van der Waals surface area contributed by atoms with Gasteiger partial charge in [0, 0.05) is 11.1 Å². The number of fused-ring (bicyclic) bond motifs is 1. The maximum Gasteiger partial charge on any atom is 0.147 e. The summed E-state index contributed by atoms with van der Waals surface area (Å²) in [7, 11) is 0. The SMILES string of the molecule is NCCC(O)c1cc2cccc(F)c2[nH]1. The average Bonchev–Trinajstić information content (AvgIpc) is 2.63. The average molecular weight is 208 g/mol. The lowest BCUT2D eigenvalue weighted by Crippen LogP contribution is -2.06. The van der Waals surface area contributed by atoms with E-state index in [0.29, 0.717) is 24.2 Å². The predicted octanol–water partition coefficient (Wildman–Crippen LogP) is 1.69. The number of aromatic amines is 1. The number of aliphatic hydroxyl groups is 1. The van der Waals surface area contributed by atoms with Gasteiger partial charge >= 0.3 is 0 Å². The van der Waals surface area contributed by atoms with E-state index in [-0.39, 0.29) is 5.82 Å². The Labute approximate surface area is 86.7 Å².